The van der Waals surface area contributed by atoms with Gasteiger partial charge in [0.2, 0.25) is 0 Å². The summed E-state index contributed by atoms with van der Waals surface area (Å²) in [5.41, 5.74) is 3.02. The van der Waals surface area contributed by atoms with Crippen LogP contribution in [0.3, 0.4) is 0 Å². The van der Waals surface area contributed by atoms with Crippen LogP contribution in [0, 0.1) is 5.92 Å². The number of carbonyl (C=O) groups excluding carboxylic acids is 1. The summed E-state index contributed by atoms with van der Waals surface area (Å²) in [6.07, 6.45) is 3.32. The molecule has 0 aliphatic carbocycles. The molecule has 1 amide bonds. The minimum Gasteiger partial charge on any atom is -0.313 e. The molecular formula is C26H29ClN2OS. The number of benzene rings is 2. The summed E-state index contributed by atoms with van der Waals surface area (Å²) in [6, 6.07) is 19.9. The van der Waals surface area contributed by atoms with Crippen LogP contribution < -0.4 is 5.32 Å². The summed E-state index contributed by atoms with van der Waals surface area (Å²) in [5.74, 6) is 0.686. The molecule has 1 aliphatic rings. The first-order valence-electron chi connectivity index (χ1n) is 11.0. The number of halogens is 1. The standard InChI is InChI=1S/C26H29ClN2OS/c1-3-22-17-23(26(31-22)28-25(30)19-8-5-4-6-9-19)24(20-10-7-11-21(27)16-20)29-14-12-18(2)13-15-29/h4-11,16-18,24H,3,12-15H2,1-2H3,(H,28,30)/t24-/m0/s1. The van der Waals surface area contributed by atoms with E-state index in [1.54, 1.807) is 11.3 Å². The van der Waals surface area contributed by atoms with Crippen molar-refractivity contribution in [2.75, 3.05) is 18.4 Å². The molecule has 1 aromatic heterocycles. The van der Waals surface area contributed by atoms with Crippen molar-refractivity contribution in [1.82, 2.24) is 4.90 Å². The summed E-state index contributed by atoms with van der Waals surface area (Å²) >= 11 is 8.07. The van der Waals surface area contributed by atoms with Gasteiger partial charge in [-0.25, -0.2) is 0 Å². The lowest BCUT2D eigenvalue weighted by molar-refractivity contribution is 0.102. The summed E-state index contributed by atoms with van der Waals surface area (Å²) in [7, 11) is 0. The number of carbonyl (C=O) groups is 1. The number of hydrogen-bond donors (Lipinski definition) is 1. The molecule has 1 aliphatic heterocycles. The van der Waals surface area contributed by atoms with Gasteiger partial charge in [0.1, 0.15) is 5.00 Å². The lowest BCUT2D eigenvalue weighted by Crippen LogP contribution is -2.37. The molecule has 1 N–H and O–H groups in total. The summed E-state index contributed by atoms with van der Waals surface area (Å²) in [6.45, 7) is 6.58. The Morgan fingerprint density at radius 2 is 1.87 bits per heavy atom. The molecule has 5 heteroatoms. The van der Waals surface area contributed by atoms with E-state index in [-0.39, 0.29) is 11.9 Å². The predicted molar refractivity (Wildman–Crippen MR) is 131 cm³/mol. The van der Waals surface area contributed by atoms with E-state index < -0.39 is 0 Å². The average molecular weight is 453 g/mol. The number of aryl methyl sites for hydroxylation is 1. The van der Waals surface area contributed by atoms with Crippen LogP contribution in [0.25, 0.3) is 0 Å². The van der Waals surface area contributed by atoms with Gasteiger partial charge < -0.3 is 5.32 Å². The number of nitrogens with one attached hydrogen (secondary N) is 1. The highest BCUT2D eigenvalue weighted by Crippen LogP contribution is 2.41. The molecule has 3 aromatic rings. The van der Waals surface area contributed by atoms with E-state index >= 15 is 0 Å². The molecule has 0 spiro atoms. The fourth-order valence-corrected chi connectivity index (χ4v) is 5.47. The second-order valence-electron chi connectivity index (χ2n) is 8.35. The fraction of sp³-hybridized carbons (Fsp3) is 0.346. The van der Waals surface area contributed by atoms with Crippen LogP contribution in [0.4, 0.5) is 5.00 Å². The SMILES string of the molecule is CCc1cc([C@H](c2cccc(Cl)c2)N2CCC(C)CC2)c(NC(=O)c2ccccc2)s1. The molecule has 2 heterocycles. The lowest BCUT2D eigenvalue weighted by Gasteiger charge is -2.37. The van der Waals surface area contributed by atoms with Crippen molar-refractivity contribution < 1.29 is 4.79 Å². The number of likely N-dealkylation sites (tertiary alicyclic amines) is 1. The molecule has 1 saturated heterocycles. The topological polar surface area (TPSA) is 32.3 Å². The van der Waals surface area contributed by atoms with E-state index in [9.17, 15) is 4.79 Å². The van der Waals surface area contributed by atoms with E-state index in [2.05, 4.69) is 42.3 Å². The Hall–Kier alpha value is -2.14. The van der Waals surface area contributed by atoms with Gasteiger partial charge in [-0.2, -0.15) is 0 Å². The van der Waals surface area contributed by atoms with Crippen molar-refractivity contribution in [3.05, 3.63) is 87.3 Å². The van der Waals surface area contributed by atoms with Crippen LogP contribution >= 0.6 is 22.9 Å². The van der Waals surface area contributed by atoms with Gasteiger partial charge in [0.15, 0.2) is 0 Å². The third-order valence-corrected chi connectivity index (χ3v) is 7.51. The largest absolute Gasteiger partial charge is 0.313 e. The van der Waals surface area contributed by atoms with Gasteiger partial charge >= 0.3 is 0 Å². The minimum atomic E-state index is -0.0662. The molecule has 0 unspecified atom stereocenters. The second kappa shape index (κ2) is 9.99. The highest BCUT2D eigenvalue weighted by Gasteiger charge is 2.30. The van der Waals surface area contributed by atoms with Gasteiger partial charge in [-0.05, 0) is 74.2 Å². The zero-order chi connectivity index (χ0) is 21.8. The Labute approximate surface area is 194 Å². The quantitative estimate of drug-likeness (QED) is 0.435. The van der Waals surface area contributed by atoms with Gasteiger partial charge in [-0.3, -0.25) is 9.69 Å². The van der Waals surface area contributed by atoms with Gasteiger partial charge in [0.05, 0.1) is 6.04 Å². The van der Waals surface area contributed by atoms with Crippen LogP contribution in [0.2, 0.25) is 5.02 Å². The maximum absolute atomic E-state index is 13.0. The number of amides is 1. The fourth-order valence-electron chi connectivity index (χ4n) is 4.25. The van der Waals surface area contributed by atoms with E-state index in [0.717, 1.165) is 35.5 Å². The Morgan fingerprint density at radius 3 is 2.55 bits per heavy atom. The Kier molecular flexibility index (Phi) is 7.11. The van der Waals surface area contributed by atoms with E-state index in [1.807, 2.05) is 42.5 Å². The predicted octanol–water partition coefficient (Wildman–Crippen LogP) is 7.04. The van der Waals surface area contributed by atoms with Gasteiger partial charge in [0, 0.05) is 21.0 Å². The maximum atomic E-state index is 13.0. The summed E-state index contributed by atoms with van der Waals surface area (Å²) in [4.78, 5) is 16.8. The van der Waals surface area contributed by atoms with Gasteiger partial charge in [-0.15, -0.1) is 11.3 Å². The molecule has 2 aromatic carbocycles. The molecule has 0 bridgehead atoms. The maximum Gasteiger partial charge on any atom is 0.256 e. The smallest absolute Gasteiger partial charge is 0.256 e. The normalized spacial score (nSPS) is 16.2. The van der Waals surface area contributed by atoms with Gasteiger partial charge in [0.25, 0.3) is 5.91 Å². The lowest BCUT2D eigenvalue weighted by atomic mass is 9.92. The zero-order valence-corrected chi connectivity index (χ0v) is 19.7. The third-order valence-electron chi connectivity index (χ3n) is 6.07. The monoisotopic (exact) mass is 452 g/mol. The first-order valence-corrected chi connectivity index (χ1v) is 12.2. The van der Waals surface area contributed by atoms with Crippen LogP contribution in [0.5, 0.6) is 0 Å². The second-order valence-corrected chi connectivity index (χ2v) is 9.92. The van der Waals surface area contributed by atoms with Crippen LogP contribution in [-0.2, 0) is 6.42 Å². The number of anilines is 1. The molecule has 4 rings (SSSR count). The minimum absolute atomic E-state index is 0.0662. The van der Waals surface area contributed by atoms with Crippen LogP contribution in [0.15, 0.2) is 60.7 Å². The molecule has 31 heavy (non-hydrogen) atoms. The van der Waals surface area contributed by atoms with E-state index in [1.165, 1.54) is 28.8 Å². The highest BCUT2D eigenvalue weighted by molar-refractivity contribution is 7.16. The molecule has 1 fully saturated rings. The summed E-state index contributed by atoms with van der Waals surface area (Å²) < 4.78 is 0. The van der Waals surface area contributed by atoms with Crippen molar-refractivity contribution in [3.8, 4) is 0 Å². The summed E-state index contributed by atoms with van der Waals surface area (Å²) in [5, 5.41) is 4.90. The molecular weight excluding hydrogens is 424 g/mol. The first-order chi connectivity index (χ1) is 15.0. The molecule has 0 saturated carbocycles. The highest BCUT2D eigenvalue weighted by atomic mass is 35.5. The van der Waals surface area contributed by atoms with Crippen molar-refractivity contribution in [2.45, 2.75) is 39.2 Å². The average Bonchev–Trinajstić information content (AvgIpc) is 3.18. The van der Waals surface area contributed by atoms with Crippen molar-refractivity contribution in [2.24, 2.45) is 5.92 Å². The Morgan fingerprint density at radius 1 is 1.13 bits per heavy atom. The Bertz CT molecular complexity index is 1020. The zero-order valence-electron chi connectivity index (χ0n) is 18.1. The molecule has 3 nitrogen and oxygen atoms in total. The van der Waals surface area contributed by atoms with Gasteiger partial charge in [-0.1, -0.05) is 55.8 Å². The molecule has 1 atom stereocenters. The van der Waals surface area contributed by atoms with Crippen LogP contribution in [0.1, 0.15) is 59.1 Å². The number of nitrogens with zero attached hydrogens (tertiary/aromatic N) is 1. The van der Waals surface area contributed by atoms with Crippen molar-refractivity contribution >= 4 is 33.8 Å². The van der Waals surface area contributed by atoms with E-state index in [4.69, 9.17) is 11.6 Å². The number of hydrogen-bond acceptors (Lipinski definition) is 3. The number of thiophene rings is 1. The number of piperidine rings is 1. The van der Waals surface area contributed by atoms with Crippen LogP contribution in [-0.4, -0.2) is 23.9 Å². The van der Waals surface area contributed by atoms with Crippen molar-refractivity contribution in [1.29, 1.82) is 0 Å². The first kappa shape index (κ1) is 22.1. The van der Waals surface area contributed by atoms with Crippen molar-refractivity contribution in [3.63, 3.8) is 0 Å². The number of rotatable bonds is 6. The Balaban J connectivity index is 1.73. The van der Waals surface area contributed by atoms with E-state index in [0.29, 0.717) is 5.56 Å². The third kappa shape index (κ3) is 5.20. The molecule has 162 valence electrons. The molecule has 0 radical (unpaired) electrons.